The fourth-order valence-electron chi connectivity index (χ4n) is 2.38. The molecule has 0 radical (unpaired) electrons. The van der Waals surface area contributed by atoms with Crippen LogP contribution in [0.25, 0.3) is 11.3 Å². The summed E-state index contributed by atoms with van der Waals surface area (Å²) in [6.07, 6.45) is 0. The van der Waals surface area contributed by atoms with Gasteiger partial charge in [-0.25, -0.2) is 4.79 Å². The van der Waals surface area contributed by atoms with E-state index in [-0.39, 0.29) is 18.1 Å². The molecule has 23 heavy (non-hydrogen) atoms. The van der Waals surface area contributed by atoms with Crippen molar-refractivity contribution >= 4 is 23.5 Å². The lowest BCUT2D eigenvalue weighted by molar-refractivity contribution is 0.0940. The summed E-state index contributed by atoms with van der Waals surface area (Å²) in [6, 6.07) is 6.58. The van der Waals surface area contributed by atoms with Crippen LogP contribution in [0.1, 0.15) is 38.1 Å². The molecule has 0 spiro atoms. The lowest BCUT2D eigenvalue weighted by Crippen LogP contribution is -2.49. The van der Waals surface area contributed by atoms with Gasteiger partial charge in [0.2, 0.25) is 0 Å². The number of nitrogens with one attached hydrogen (secondary N) is 1. The Balaban J connectivity index is 2.07. The maximum Gasteiger partial charge on any atom is 0.324 e. The van der Waals surface area contributed by atoms with Gasteiger partial charge < -0.3 is 4.90 Å². The van der Waals surface area contributed by atoms with Crippen LogP contribution in [0.4, 0.5) is 4.79 Å². The second kappa shape index (κ2) is 7.32. The quantitative estimate of drug-likeness (QED) is 0.933. The summed E-state index contributed by atoms with van der Waals surface area (Å²) >= 11 is 1.27. The Morgan fingerprint density at radius 1 is 1.09 bits per heavy atom. The Bertz CT molecular complexity index is 658. The number of hydrogen-bond acceptors (Lipinski definition) is 5. The van der Waals surface area contributed by atoms with E-state index < -0.39 is 5.91 Å². The second-order valence-electron chi connectivity index (χ2n) is 5.72. The number of hydrogen-bond donors (Lipinski definition) is 1. The van der Waals surface area contributed by atoms with Crippen molar-refractivity contribution in [1.29, 1.82) is 0 Å². The molecule has 0 aliphatic rings. The van der Waals surface area contributed by atoms with E-state index in [0.29, 0.717) is 5.56 Å². The summed E-state index contributed by atoms with van der Waals surface area (Å²) in [4.78, 5) is 26.1. The smallest absolute Gasteiger partial charge is 0.320 e. The van der Waals surface area contributed by atoms with Crippen LogP contribution in [0.5, 0.6) is 0 Å². The Morgan fingerprint density at radius 2 is 1.70 bits per heavy atom. The van der Waals surface area contributed by atoms with Crippen molar-refractivity contribution in [3.05, 3.63) is 35.2 Å². The maximum atomic E-state index is 12.2. The minimum atomic E-state index is -0.413. The summed E-state index contributed by atoms with van der Waals surface area (Å²) in [6.45, 7) is 7.67. The van der Waals surface area contributed by atoms with Gasteiger partial charge in [-0.1, -0.05) is 16.6 Å². The van der Waals surface area contributed by atoms with Gasteiger partial charge in [0.05, 0.1) is 0 Å². The van der Waals surface area contributed by atoms with Crippen molar-refractivity contribution in [1.82, 2.24) is 19.8 Å². The molecule has 0 saturated carbocycles. The molecule has 1 aromatic heterocycles. The number of aromatic nitrogens is 2. The van der Waals surface area contributed by atoms with E-state index >= 15 is 0 Å². The zero-order valence-corrected chi connectivity index (χ0v) is 14.4. The maximum absolute atomic E-state index is 12.2. The fraction of sp³-hybridized carbons (Fsp3) is 0.375. The summed E-state index contributed by atoms with van der Waals surface area (Å²) in [5, 5.41) is 8.25. The van der Waals surface area contributed by atoms with E-state index in [9.17, 15) is 9.59 Å². The summed E-state index contributed by atoms with van der Waals surface area (Å²) < 4.78 is 3.81. The van der Waals surface area contributed by atoms with Gasteiger partial charge in [0, 0.05) is 28.6 Å². The highest BCUT2D eigenvalue weighted by Crippen LogP contribution is 2.18. The number of carbonyl (C=O) groups is 2. The highest BCUT2D eigenvalue weighted by molar-refractivity contribution is 7.03. The van der Waals surface area contributed by atoms with E-state index in [1.807, 2.05) is 33.1 Å². The van der Waals surface area contributed by atoms with Crippen LogP contribution in [0.2, 0.25) is 0 Å². The number of nitrogens with zero attached hydrogens (tertiary/aromatic N) is 3. The fourth-order valence-corrected chi connectivity index (χ4v) is 2.85. The highest BCUT2D eigenvalue weighted by atomic mass is 32.1. The zero-order valence-electron chi connectivity index (χ0n) is 13.6. The van der Waals surface area contributed by atoms with Crippen molar-refractivity contribution in [3.8, 4) is 11.3 Å². The van der Waals surface area contributed by atoms with Gasteiger partial charge in [0.15, 0.2) is 0 Å². The highest BCUT2D eigenvalue weighted by Gasteiger charge is 2.22. The molecule has 1 aromatic carbocycles. The lowest BCUT2D eigenvalue weighted by atomic mass is 10.1. The first-order valence-corrected chi connectivity index (χ1v) is 8.25. The summed E-state index contributed by atoms with van der Waals surface area (Å²) in [5.41, 5.74) is 2.08. The summed E-state index contributed by atoms with van der Waals surface area (Å²) in [5.74, 6) is -0.413. The molecule has 0 atom stereocenters. The molecule has 2 aromatic rings. The molecule has 3 amide bonds. The molecule has 0 aliphatic heterocycles. The van der Waals surface area contributed by atoms with E-state index in [2.05, 4.69) is 14.9 Å². The number of benzene rings is 1. The molecule has 1 heterocycles. The minimum Gasteiger partial charge on any atom is -0.320 e. The van der Waals surface area contributed by atoms with Gasteiger partial charge in [-0.05, 0) is 51.4 Å². The summed E-state index contributed by atoms with van der Waals surface area (Å²) in [7, 11) is 0. The first kappa shape index (κ1) is 17.1. The van der Waals surface area contributed by atoms with E-state index in [1.165, 1.54) is 11.5 Å². The molecule has 0 aliphatic carbocycles. The lowest BCUT2D eigenvalue weighted by Gasteiger charge is -2.30. The topological polar surface area (TPSA) is 75.2 Å². The largest absolute Gasteiger partial charge is 0.324 e. The monoisotopic (exact) mass is 332 g/mol. The van der Waals surface area contributed by atoms with Crippen molar-refractivity contribution in [2.75, 3.05) is 0 Å². The Labute approximate surface area is 139 Å². The van der Waals surface area contributed by atoms with Crippen LogP contribution in [0.15, 0.2) is 29.6 Å². The van der Waals surface area contributed by atoms with Gasteiger partial charge >= 0.3 is 6.03 Å². The molecular weight excluding hydrogens is 312 g/mol. The average Bonchev–Trinajstić information content (AvgIpc) is 3.00. The van der Waals surface area contributed by atoms with E-state index in [4.69, 9.17) is 0 Å². The predicted molar refractivity (Wildman–Crippen MR) is 90.3 cm³/mol. The Morgan fingerprint density at radius 3 is 2.17 bits per heavy atom. The van der Waals surface area contributed by atoms with Crippen LogP contribution in [-0.4, -0.2) is 38.5 Å². The number of rotatable bonds is 4. The number of imide groups is 1. The third-order valence-corrected chi connectivity index (χ3v) is 3.88. The molecule has 0 fully saturated rings. The predicted octanol–water partition coefficient (Wildman–Crippen LogP) is 3.17. The molecule has 0 unspecified atom stereocenters. The molecule has 122 valence electrons. The van der Waals surface area contributed by atoms with Gasteiger partial charge in [0.1, 0.15) is 5.69 Å². The normalized spacial score (nSPS) is 10.9. The van der Waals surface area contributed by atoms with Gasteiger partial charge in [-0.2, -0.15) is 0 Å². The zero-order chi connectivity index (χ0) is 17.0. The molecular formula is C16H20N4O2S. The third kappa shape index (κ3) is 4.13. The Kier molecular flexibility index (Phi) is 5.44. The van der Waals surface area contributed by atoms with Crippen molar-refractivity contribution in [2.45, 2.75) is 39.8 Å². The van der Waals surface area contributed by atoms with Crippen molar-refractivity contribution in [3.63, 3.8) is 0 Å². The SMILES string of the molecule is CC(C)N(C(=O)NC(=O)c1ccc(-c2csnn2)cc1)C(C)C. The third-order valence-electron chi connectivity index (χ3n) is 3.37. The van der Waals surface area contributed by atoms with E-state index in [1.54, 1.807) is 29.2 Å². The molecule has 6 nitrogen and oxygen atoms in total. The standard InChI is InChI=1S/C16H20N4O2S/c1-10(2)20(11(3)4)16(22)17-15(21)13-7-5-12(6-8-13)14-9-23-19-18-14/h5-11H,1-4H3,(H,17,21,22). The van der Waals surface area contributed by atoms with Gasteiger partial charge in [-0.3, -0.25) is 10.1 Å². The Hall–Kier alpha value is -2.28. The first-order valence-electron chi connectivity index (χ1n) is 7.41. The molecule has 0 bridgehead atoms. The first-order chi connectivity index (χ1) is 10.9. The molecule has 2 rings (SSSR count). The van der Waals surface area contributed by atoms with Crippen LogP contribution >= 0.6 is 11.5 Å². The molecule has 7 heteroatoms. The van der Waals surface area contributed by atoms with Crippen LogP contribution < -0.4 is 5.32 Å². The van der Waals surface area contributed by atoms with Crippen LogP contribution in [0.3, 0.4) is 0 Å². The second-order valence-corrected chi connectivity index (χ2v) is 6.33. The number of carbonyl (C=O) groups excluding carboxylic acids is 2. The van der Waals surface area contributed by atoms with Crippen molar-refractivity contribution < 1.29 is 9.59 Å². The average molecular weight is 332 g/mol. The molecule has 1 N–H and O–H groups in total. The van der Waals surface area contributed by atoms with Crippen molar-refractivity contribution in [2.24, 2.45) is 0 Å². The van der Waals surface area contributed by atoms with Crippen LogP contribution in [0, 0.1) is 0 Å². The van der Waals surface area contributed by atoms with Gasteiger partial charge in [0.25, 0.3) is 5.91 Å². The van der Waals surface area contributed by atoms with Crippen LogP contribution in [-0.2, 0) is 0 Å². The van der Waals surface area contributed by atoms with E-state index in [0.717, 1.165) is 11.3 Å². The molecule has 0 saturated heterocycles. The van der Waals surface area contributed by atoms with Gasteiger partial charge in [-0.15, -0.1) is 5.10 Å². The number of urea groups is 1. The number of amides is 3. The minimum absolute atomic E-state index is 0.0161.